The standard InChI is InChI=1S/C14H20N2O4/c1-14(2,3)20-13(19)16(9-6-12(17)18)10-11-4-7-15-8-5-11/h4-5,7-8H,6,9-10H2,1-3H3,(H,17,18). The number of hydrogen-bond acceptors (Lipinski definition) is 4. The lowest BCUT2D eigenvalue weighted by molar-refractivity contribution is -0.137. The van der Waals surface area contributed by atoms with Crippen molar-refractivity contribution in [2.24, 2.45) is 0 Å². The number of carboxylic acids is 1. The number of hydrogen-bond donors (Lipinski definition) is 1. The van der Waals surface area contributed by atoms with Crippen molar-refractivity contribution >= 4 is 12.1 Å². The predicted octanol–water partition coefficient (Wildman–Crippen LogP) is 2.29. The molecule has 110 valence electrons. The average molecular weight is 280 g/mol. The average Bonchev–Trinajstić information content (AvgIpc) is 2.33. The van der Waals surface area contributed by atoms with Gasteiger partial charge in [-0.05, 0) is 38.5 Å². The van der Waals surface area contributed by atoms with Crippen molar-refractivity contribution in [1.82, 2.24) is 9.88 Å². The van der Waals surface area contributed by atoms with Crippen LogP contribution < -0.4 is 0 Å². The van der Waals surface area contributed by atoms with E-state index in [-0.39, 0.29) is 13.0 Å². The van der Waals surface area contributed by atoms with Gasteiger partial charge in [-0.1, -0.05) is 0 Å². The summed E-state index contributed by atoms with van der Waals surface area (Å²) in [6.45, 7) is 5.71. The van der Waals surface area contributed by atoms with Gasteiger partial charge in [0, 0.05) is 25.5 Å². The van der Waals surface area contributed by atoms with Gasteiger partial charge in [0.15, 0.2) is 0 Å². The molecule has 1 amide bonds. The topological polar surface area (TPSA) is 79.7 Å². The van der Waals surface area contributed by atoms with Gasteiger partial charge in [-0.3, -0.25) is 9.78 Å². The fourth-order valence-electron chi connectivity index (χ4n) is 1.50. The van der Waals surface area contributed by atoms with Gasteiger partial charge in [-0.15, -0.1) is 0 Å². The number of aromatic nitrogens is 1. The normalized spacial score (nSPS) is 10.9. The maximum Gasteiger partial charge on any atom is 0.410 e. The van der Waals surface area contributed by atoms with E-state index in [4.69, 9.17) is 9.84 Å². The Bertz CT molecular complexity index is 454. The highest BCUT2D eigenvalue weighted by Crippen LogP contribution is 2.12. The summed E-state index contributed by atoms with van der Waals surface area (Å²) < 4.78 is 5.28. The summed E-state index contributed by atoms with van der Waals surface area (Å²) in [5.74, 6) is -0.951. The number of rotatable bonds is 5. The van der Waals surface area contributed by atoms with Gasteiger partial charge in [0.05, 0.1) is 6.42 Å². The highest BCUT2D eigenvalue weighted by atomic mass is 16.6. The highest BCUT2D eigenvalue weighted by Gasteiger charge is 2.22. The molecule has 0 fully saturated rings. The van der Waals surface area contributed by atoms with E-state index in [9.17, 15) is 9.59 Å². The molecule has 0 unspecified atom stereocenters. The van der Waals surface area contributed by atoms with E-state index in [1.54, 1.807) is 45.3 Å². The molecular formula is C14H20N2O4. The number of carboxylic acid groups (broad SMARTS) is 1. The molecule has 6 nitrogen and oxygen atoms in total. The van der Waals surface area contributed by atoms with Crippen molar-refractivity contribution in [1.29, 1.82) is 0 Å². The second-order valence-electron chi connectivity index (χ2n) is 5.40. The summed E-state index contributed by atoms with van der Waals surface area (Å²) in [7, 11) is 0. The van der Waals surface area contributed by atoms with Crippen LogP contribution in [0, 0.1) is 0 Å². The molecule has 1 aromatic heterocycles. The highest BCUT2D eigenvalue weighted by molar-refractivity contribution is 5.70. The Hall–Kier alpha value is -2.11. The minimum Gasteiger partial charge on any atom is -0.481 e. The molecule has 6 heteroatoms. The number of pyridine rings is 1. The fraction of sp³-hybridized carbons (Fsp3) is 0.500. The molecule has 1 aromatic rings. The fourth-order valence-corrected chi connectivity index (χ4v) is 1.50. The molecule has 0 atom stereocenters. The Morgan fingerprint density at radius 1 is 1.30 bits per heavy atom. The van der Waals surface area contributed by atoms with Crippen LogP contribution in [-0.4, -0.2) is 39.2 Å². The molecular weight excluding hydrogens is 260 g/mol. The van der Waals surface area contributed by atoms with Gasteiger partial charge in [0.1, 0.15) is 5.60 Å². The Morgan fingerprint density at radius 3 is 2.40 bits per heavy atom. The Morgan fingerprint density at radius 2 is 1.90 bits per heavy atom. The van der Waals surface area contributed by atoms with E-state index in [1.807, 2.05) is 0 Å². The first-order valence-corrected chi connectivity index (χ1v) is 6.36. The van der Waals surface area contributed by atoms with Crippen LogP contribution in [0.15, 0.2) is 24.5 Å². The number of ether oxygens (including phenoxy) is 1. The summed E-state index contributed by atoms with van der Waals surface area (Å²) in [5, 5.41) is 8.75. The van der Waals surface area contributed by atoms with Crippen molar-refractivity contribution in [3.63, 3.8) is 0 Å². The quantitative estimate of drug-likeness (QED) is 0.895. The van der Waals surface area contributed by atoms with Gasteiger partial charge in [0.2, 0.25) is 0 Å². The molecule has 0 saturated carbocycles. The lowest BCUT2D eigenvalue weighted by atomic mass is 10.2. The number of aliphatic carboxylic acids is 1. The van der Waals surface area contributed by atoms with Crippen LogP contribution in [0.25, 0.3) is 0 Å². The van der Waals surface area contributed by atoms with E-state index >= 15 is 0 Å². The van der Waals surface area contributed by atoms with Crippen molar-refractivity contribution < 1.29 is 19.4 Å². The zero-order valence-corrected chi connectivity index (χ0v) is 12.0. The summed E-state index contributed by atoms with van der Waals surface area (Å²) in [5.41, 5.74) is 0.257. The molecule has 0 aliphatic carbocycles. The van der Waals surface area contributed by atoms with E-state index in [2.05, 4.69) is 4.98 Å². The van der Waals surface area contributed by atoms with Crippen LogP contribution in [0.5, 0.6) is 0 Å². The second kappa shape index (κ2) is 6.88. The molecule has 0 radical (unpaired) electrons. The minimum absolute atomic E-state index is 0.104. The summed E-state index contributed by atoms with van der Waals surface area (Å²) >= 11 is 0. The zero-order chi connectivity index (χ0) is 15.2. The van der Waals surface area contributed by atoms with Crippen molar-refractivity contribution in [3.8, 4) is 0 Å². The van der Waals surface area contributed by atoms with Crippen LogP contribution in [0.3, 0.4) is 0 Å². The minimum atomic E-state index is -0.951. The molecule has 1 heterocycles. The SMILES string of the molecule is CC(C)(C)OC(=O)N(CCC(=O)O)Cc1ccncc1. The predicted molar refractivity (Wildman–Crippen MR) is 73.1 cm³/mol. The summed E-state index contributed by atoms with van der Waals surface area (Å²) in [4.78, 5) is 28.0. The third kappa shape index (κ3) is 6.17. The largest absolute Gasteiger partial charge is 0.481 e. The van der Waals surface area contributed by atoms with E-state index in [0.717, 1.165) is 5.56 Å². The van der Waals surface area contributed by atoms with Crippen LogP contribution >= 0.6 is 0 Å². The maximum atomic E-state index is 12.1. The van der Waals surface area contributed by atoms with Gasteiger partial charge in [-0.25, -0.2) is 4.79 Å². The molecule has 1 N–H and O–H groups in total. The van der Waals surface area contributed by atoms with Gasteiger partial charge >= 0.3 is 12.1 Å². The molecule has 1 rings (SSSR count). The smallest absolute Gasteiger partial charge is 0.410 e. The molecule has 0 saturated heterocycles. The Balaban J connectivity index is 2.74. The monoisotopic (exact) mass is 280 g/mol. The second-order valence-corrected chi connectivity index (χ2v) is 5.40. The molecule has 0 aromatic carbocycles. The number of nitrogens with zero attached hydrogens (tertiary/aromatic N) is 2. The third-order valence-electron chi connectivity index (χ3n) is 2.37. The van der Waals surface area contributed by atoms with Crippen LogP contribution in [0.4, 0.5) is 4.79 Å². The lowest BCUT2D eigenvalue weighted by Gasteiger charge is -2.27. The Labute approximate surface area is 118 Å². The lowest BCUT2D eigenvalue weighted by Crippen LogP contribution is -2.37. The van der Waals surface area contributed by atoms with Crippen LogP contribution in [-0.2, 0) is 16.1 Å². The Kier molecular flexibility index (Phi) is 5.49. The molecule has 0 bridgehead atoms. The first-order chi connectivity index (χ1) is 9.28. The maximum absolute atomic E-state index is 12.1. The van der Waals surface area contributed by atoms with Gasteiger partial charge in [-0.2, -0.15) is 0 Å². The van der Waals surface area contributed by atoms with Crippen molar-refractivity contribution in [2.45, 2.75) is 39.3 Å². The number of carbonyl (C=O) groups excluding carboxylic acids is 1. The van der Waals surface area contributed by atoms with Gasteiger partial charge in [0.25, 0.3) is 0 Å². The molecule has 0 aliphatic heterocycles. The molecule has 0 aliphatic rings. The number of amides is 1. The first-order valence-electron chi connectivity index (χ1n) is 6.36. The third-order valence-corrected chi connectivity index (χ3v) is 2.37. The van der Waals surface area contributed by atoms with Crippen LogP contribution in [0.1, 0.15) is 32.8 Å². The van der Waals surface area contributed by atoms with Crippen LogP contribution in [0.2, 0.25) is 0 Å². The number of carbonyl (C=O) groups is 2. The zero-order valence-electron chi connectivity index (χ0n) is 12.0. The van der Waals surface area contributed by atoms with E-state index in [1.165, 1.54) is 4.90 Å². The van der Waals surface area contributed by atoms with Crippen molar-refractivity contribution in [3.05, 3.63) is 30.1 Å². The van der Waals surface area contributed by atoms with E-state index in [0.29, 0.717) is 6.54 Å². The first kappa shape index (κ1) is 15.9. The summed E-state index contributed by atoms with van der Waals surface area (Å²) in [6.07, 6.45) is 2.61. The van der Waals surface area contributed by atoms with Crippen molar-refractivity contribution in [2.75, 3.05) is 6.54 Å². The summed E-state index contributed by atoms with van der Waals surface area (Å²) in [6, 6.07) is 3.55. The molecule has 0 spiro atoms. The molecule has 20 heavy (non-hydrogen) atoms. The van der Waals surface area contributed by atoms with Gasteiger partial charge < -0.3 is 14.7 Å². The van der Waals surface area contributed by atoms with E-state index < -0.39 is 17.7 Å².